The minimum absolute atomic E-state index is 0.261. The van der Waals surface area contributed by atoms with Crippen molar-refractivity contribution in [3.63, 3.8) is 0 Å². The molecule has 1 unspecified atom stereocenters. The summed E-state index contributed by atoms with van der Waals surface area (Å²) in [6, 6.07) is 3.76. The quantitative estimate of drug-likeness (QED) is 0.843. The van der Waals surface area contributed by atoms with Gasteiger partial charge in [-0.05, 0) is 37.3 Å². The lowest BCUT2D eigenvalue weighted by Gasteiger charge is -2.33. The molecule has 1 aliphatic rings. The van der Waals surface area contributed by atoms with E-state index in [9.17, 15) is 0 Å². The summed E-state index contributed by atoms with van der Waals surface area (Å²) >= 11 is 0. The van der Waals surface area contributed by atoms with E-state index >= 15 is 0 Å². The highest BCUT2D eigenvalue weighted by molar-refractivity contribution is 5.54. The molecule has 3 N–H and O–H groups in total. The van der Waals surface area contributed by atoms with Gasteiger partial charge in [-0.25, -0.2) is 0 Å². The third-order valence-electron chi connectivity index (χ3n) is 3.45. The van der Waals surface area contributed by atoms with Crippen LogP contribution in [0.3, 0.4) is 0 Å². The summed E-state index contributed by atoms with van der Waals surface area (Å²) in [4.78, 5) is 6.67. The topological polar surface area (TPSA) is 71.6 Å². The molecule has 0 amide bonds. The van der Waals surface area contributed by atoms with E-state index in [1.165, 1.54) is 6.42 Å². The van der Waals surface area contributed by atoms with Gasteiger partial charge in [0.25, 0.3) is 0 Å². The Morgan fingerprint density at radius 2 is 2.39 bits per heavy atom. The number of anilines is 2. The molecule has 2 heterocycles. The minimum atomic E-state index is 0.261. The van der Waals surface area contributed by atoms with Crippen molar-refractivity contribution in [3.8, 4) is 5.88 Å². The van der Waals surface area contributed by atoms with Crippen molar-refractivity contribution in [2.75, 3.05) is 37.4 Å². The van der Waals surface area contributed by atoms with Gasteiger partial charge in [0.2, 0.25) is 5.88 Å². The van der Waals surface area contributed by atoms with Crippen LogP contribution >= 0.6 is 0 Å². The molecule has 1 fully saturated rings. The molecule has 0 saturated carbocycles. The fourth-order valence-electron chi connectivity index (χ4n) is 2.47. The minimum Gasteiger partial charge on any atom is -0.479 e. The van der Waals surface area contributed by atoms with Gasteiger partial charge < -0.3 is 20.5 Å². The summed E-state index contributed by atoms with van der Waals surface area (Å²) in [5.74, 6) is 1.94. The van der Waals surface area contributed by atoms with E-state index in [4.69, 9.17) is 15.6 Å². The molecule has 0 spiro atoms. The van der Waals surface area contributed by atoms with E-state index in [2.05, 4.69) is 9.88 Å². The Balaban J connectivity index is 2.10. The summed E-state index contributed by atoms with van der Waals surface area (Å²) in [5, 5.41) is 9.02. The zero-order valence-corrected chi connectivity index (χ0v) is 10.8. The Labute approximate surface area is 108 Å². The van der Waals surface area contributed by atoms with Crippen LogP contribution in [-0.4, -0.2) is 36.9 Å². The normalized spacial score (nSPS) is 19.9. The lowest BCUT2D eigenvalue weighted by atomic mass is 9.95. The van der Waals surface area contributed by atoms with Crippen LogP contribution in [0.15, 0.2) is 12.1 Å². The van der Waals surface area contributed by atoms with Gasteiger partial charge in [0, 0.05) is 19.7 Å². The Morgan fingerprint density at radius 1 is 1.56 bits per heavy atom. The first-order valence-electron chi connectivity index (χ1n) is 6.41. The summed E-state index contributed by atoms with van der Waals surface area (Å²) < 4.78 is 5.15. The SMILES string of the molecule is COc1nc(N2CCCC(CCO)C2)ccc1N. The maximum atomic E-state index is 9.02. The van der Waals surface area contributed by atoms with Crippen LogP contribution < -0.4 is 15.4 Å². The highest BCUT2D eigenvalue weighted by Crippen LogP contribution is 2.27. The second kappa shape index (κ2) is 5.91. The van der Waals surface area contributed by atoms with E-state index in [1.54, 1.807) is 7.11 Å². The van der Waals surface area contributed by atoms with E-state index in [0.29, 0.717) is 17.5 Å². The third kappa shape index (κ3) is 2.85. The number of nitrogen functional groups attached to an aromatic ring is 1. The molecule has 1 atom stereocenters. The van der Waals surface area contributed by atoms with E-state index in [0.717, 1.165) is 31.7 Å². The van der Waals surface area contributed by atoms with Gasteiger partial charge >= 0.3 is 0 Å². The molecule has 0 bridgehead atoms. The molecule has 0 aromatic carbocycles. The van der Waals surface area contributed by atoms with Gasteiger partial charge in [-0.2, -0.15) is 4.98 Å². The summed E-state index contributed by atoms with van der Waals surface area (Å²) in [5.41, 5.74) is 6.33. The standard InChI is InChI=1S/C13H21N3O2/c1-18-13-11(14)4-5-12(15-13)16-7-2-3-10(9-16)6-8-17/h4-5,10,17H,2-3,6-9,14H2,1H3. The average Bonchev–Trinajstić information content (AvgIpc) is 2.40. The Kier molecular flexibility index (Phi) is 4.25. The average molecular weight is 251 g/mol. The number of nitrogens with zero attached hydrogens (tertiary/aromatic N) is 2. The molecule has 0 aliphatic carbocycles. The molecule has 100 valence electrons. The van der Waals surface area contributed by atoms with Crippen LogP contribution in [0, 0.1) is 5.92 Å². The van der Waals surface area contributed by atoms with Crippen molar-refractivity contribution in [1.82, 2.24) is 4.98 Å². The van der Waals surface area contributed by atoms with Gasteiger partial charge in [0.1, 0.15) is 5.82 Å². The molecule has 1 aromatic heterocycles. The van der Waals surface area contributed by atoms with Crippen molar-refractivity contribution in [2.24, 2.45) is 5.92 Å². The molecule has 0 radical (unpaired) electrons. The number of methoxy groups -OCH3 is 1. The fourth-order valence-corrected chi connectivity index (χ4v) is 2.47. The van der Waals surface area contributed by atoms with Crippen LogP contribution in [0.1, 0.15) is 19.3 Å². The van der Waals surface area contributed by atoms with Crippen LogP contribution in [0.5, 0.6) is 5.88 Å². The lowest BCUT2D eigenvalue weighted by molar-refractivity contribution is 0.244. The van der Waals surface area contributed by atoms with E-state index in [1.807, 2.05) is 12.1 Å². The third-order valence-corrected chi connectivity index (χ3v) is 3.45. The maximum absolute atomic E-state index is 9.02. The van der Waals surface area contributed by atoms with Crippen molar-refractivity contribution in [2.45, 2.75) is 19.3 Å². The summed E-state index contributed by atoms with van der Waals surface area (Å²) in [6.45, 7) is 2.21. The van der Waals surface area contributed by atoms with Crippen molar-refractivity contribution in [1.29, 1.82) is 0 Å². The predicted molar refractivity (Wildman–Crippen MR) is 71.8 cm³/mol. The molecule has 2 rings (SSSR count). The highest BCUT2D eigenvalue weighted by Gasteiger charge is 2.21. The molecule has 5 nitrogen and oxygen atoms in total. The summed E-state index contributed by atoms with van der Waals surface area (Å²) in [6.07, 6.45) is 3.19. The largest absolute Gasteiger partial charge is 0.479 e. The number of piperidine rings is 1. The second-order valence-corrected chi connectivity index (χ2v) is 4.73. The van der Waals surface area contributed by atoms with E-state index in [-0.39, 0.29) is 6.61 Å². The van der Waals surface area contributed by atoms with Crippen LogP contribution in [0.2, 0.25) is 0 Å². The van der Waals surface area contributed by atoms with Gasteiger partial charge in [-0.15, -0.1) is 0 Å². The van der Waals surface area contributed by atoms with Gasteiger partial charge in [0.15, 0.2) is 0 Å². The first kappa shape index (κ1) is 13.0. The van der Waals surface area contributed by atoms with Gasteiger partial charge in [-0.3, -0.25) is 0 Å². The molecular weight excluding hydrogens is 230 g/mol. The number of rotatable bonds is 4. The van der Waals surface area contributed by atoms with Crippen LogP contribution in [0.4, 0.5) is 11.5 Å². The zero-order chi connectivity index (χ0) is 13.0. The molecule has 5 heteroatoms. The van der Waals surface area contributed by atoms with Gasteiger partial charge in [-0.1, -0.05) is 0 Å². The molecule has 1 aliphatic heterocycles. The Hall–Kier alpha value is -1.49. The smallest absolute Gasteiger partial charge is 0.238 e. The fraction of sp³-hybridized carbons (Fsp3) is 0.615. The number of nitrogens with two attached hydrogens (primary N) is 1. The zero-order valence-electron chi connectivity index (χ0n) is 10.8. The highest BCUT2D eigenvalue weighted by atomic mass is 16.5. The number of ether oxygens (including phenoxy) is 1. The number of aliphatic hydroxyl groups is 1. The lowest BCUT2D eigenvalue weighted by Crippen LogP contribution is -2.36. The maximum Gasteiger partial charge on any atom is 0.238 e. The number of hydrogen-bond acceptors (Lipinski definition) is 5. The molecule has 1 aromatic rings. The molecule has 18 heavy (non-hydrogen) atoms. The number of hydrogen-bond donors (Lipinski definition) is 2. The number of aromatic nitrogens is 1. The van der Waals surface area contributed by atoms with Crippen molar-refractivity contribution >= 4 is 11.5 Å². The molecular formula is C13H21N3O2. The monoisotopic (exact) mass is 251 g/mol. The number of pyridine rings is 1. The van der Waals surface area contributed by atoms with Gasteiger partial charge in [0.05, 0.1) is 12.8 Å². The Bertz CT molecular complexity index is 396. The first-order valence-corrected chi connectivity index (χ1v) is 6.41. The van der Waals surface area contributed by atoms with E-state index < -0.39 is 0 Å². The molecule has 1 saturated heterocycles. The first-order chi connectivity index (χ1) is 8.74. The number of aliphatic hydroxyl groups excluding tert-OH is 1. The van der Waals surface area contributed by atoms with Crippen molar-refractivity contribution in [3.05, 3.63) is 12.1 Å². The van der Waals surface area contributed by atoms with Crippen LogP contribution in [-0.2, 0) is 0 Å². The summed E-state index contributed by atoms with van der Waals surface area (Å²) in [7, 11) is 1.58. The second-order valence-electron chi connectivity index (χ2n) is 4.73. The Morgan fingerprint density at radius 3 is 3.11 bits per heavy atom. The van der Waals surface area contributed by atoms with Crippen molar-refractivity contribution < 1.29 is 9.84 Å². The predicted octanol–water partition coefficient (Wildman–Crippen LogP) is 1.27. The van der Waals surface area contributed by atoms with Crippen LogP contribution in [0.25, 0.3) is 0 Å².